The van der Waals surface area contributed by atoms with Crippen LogP contribution >= 0.6 is 7.82 Å². The minimum atomic E-state index is -3.77. The van der Waals surface area contributed by atoms with Crippen LogP contribution in [0.1, 0.15) is 13.8 Å². The number of phosphoric acid groups is 1. The Labute approximate surface area is 114 Å². The Morgan fingerprint density at radius 2 is 1.95 bits per heavy atom. The maximum atomic E-state index is 12.3. The highest BCUT2D eigenvalue weighted by Crippen LogP contribution is 2.50. The third-order valence-electron chi connectivity index (χ3n) is 2.33. The first-order chi connectivity index (χ1) is 9.59. The molecule has 0 amide bonds. The monoisotopic (exact) mass is 299 g/mol. The molecule has 108 valence electrons. The number of benzene rings is 1. The van der Waals surface area contributed by atoms with Crippen LogP contribution in [-0.4, -0.2) is 28.6 Å². The van der Waals surface area contributed by atoms with Gasteiger partial charge in [-0.2, -0.15) is 0 Å². The van der Waals surface area contributed by atoms with E-state index in [0.717, 1.165) is 0 Å². The summed E-state index contributed by atoms with van der Waals surface area (Å²) in [5.74, 6) is 0.0730. The molecule has 1 aromatic carbocycles. The van der Waals surface area contributed by atoms with Crippen molar-refractivity contribution in [2.24, 2.45) is 0 Å². The first-order valence-electron chi connectivity index (χ1n) is 6.02. The molecule has 1 aromatic heterocycles. The lowest BCUT2D eigenvalue weighted by molar-refractivity contribution is 0.168. The van der Waals surface area contributed by atoms with E-state index >= 15 is 0 Å². The van der Waals surface area contributed by atoms with Crippen LogP contribution in [0.5, 0.6) is 5.75 Å². The summed E-state index contributed by atoms with van der Waals surface area (Å²) in [6.07, 6.45) is 0. The van der Waals surface area contributed by atoms with Crippen molar-refractivity contribution >= 4 is 18.7 Å². The van der Waals surface area contributed by atoms with Crippen molar-refractivity contribution in [1.82, 2.24) is 15.4 Å². The van der Waals surface area contributed by atoms with E-state index < -0.39 is 13.4 Å². The molecule has 2 aromatic rings. The van der Waals surface area contributed by atoms with Crippen molar-refractivity contribution in [3.63, 3.8) is 0 Å². The van der Waals surface area contributed by atoms with Crippen molar-refractivity contribution in [3.05, 3.63) is 28.6 Å². The molecule has 0 spiro atoms. The van der Waals surface area contributed by atoms with Crippen LogP contribution in [0.4, 0.5) is 0 Å². The fourth-order valence-corrected chi connectivity index (χ4v) is 2.82. The van der Waals surface area contributed by atoms with Gasteiger partial charge in [-0.1, -0.05) is 11.3 Å². The zero-order valence-electron chi connectivity index (χ0n) is 11.0. The Kier molecular flexibility index (Phi) is 4.49. The molecular formula is C11H14N3O5P. The number of nitrogens with one attached hydrogen (secondary N) is 1. The quantitative estimate of drug-likeness (QED) is 0.812. The minimum absolute atomic E-state index is 0.0730. The van der Waals surface area contributed by atoms with Gasteiger partial charge in [-0.15, -0.1) is 5.10 Å². The SMILES string of the molecule is CCOP(=O)(OCC)Oc1cccc2nn[nH]c(=O)c12. The summed E-state index contributed by atoms with van der Waals surface area (Å²) in [7, 11) is -3.77. The van der Waals surface area contributed by atoms with Crippen molar-refractivity contribution in [2.45, 2.75) is 13.8 Å². The smallest absolute Gasteiger partial charge is 0.403 e. The summed E-state index contributed by atoms with van der Waals surface area (Å²) >= 11 is 0. The third-order valence-corrected chi connectivity index (χ3v) is 3.89. The first-order valence-corrected chi connectivity index (χ1v) is 7.48. The maximum absolute atomic E-state index is 12.3. The molecule has 0 radical (unpaired) electrons. The van der Waals surface area contributed by atoms with Crippen molar-refractivity contribution in [3.8, 4) is 5.75 Å². The van der Waals surface area contributed by atoms with E-state index in [1.165, 1.54) is 6.07 Å². The zero-order valence-corrected chi connectivity index (χ0v) is 11.9. The molecule has 20 heavy (non-hydrogen) atoms. The van der Waals surface area contributed by atoms with Crippen LogP contribution in [-0.2, 0) is 13.6 Å². The summed E-state index contributed by atoms with van der Waals surface area (Å²) in [5.41, 5.74) is -0.170. The van der Waals surface area contributed by atoms with Crippen molar-refractivity contribution < 1.29 is 18.1 Å². The Bertz CT molecular complexity index is 687. The molecule has 0 aliphatic rings. The maximum Gasteiger partial charge on any atom is 0.530 e. The molecular weight excluding hydrogens is 285 g/mol. The van der Waals surface area contributed by atoms with E-state index in [1.54, 1.807) is 26.0 Å². The molecule has 2 rings (SSSR count). The summed E-state index contributed by atoms with van der Waals surface area (Å²) in [5, 5.41) is 9.55. The van der Waals surface area contributed by atoms with E-state index in [9.17, 15) is 9.36 Å². The molecule has 8 nitrogen and oxygen atoms in total. The fourth-order valence-electron chi connectivity index (χ4n) is 1.61. The van der Waals surface area contributed by atoms with E-state index in [2.05, 4.69) is 15.4 Å². The van der Waals surface area contributed by atoms with Gasteiger partial charge in [0.2, 0.25) is 0 Å². The van der Waals surface area contributed by atoms with Gasteiger partial charge >= 0.3 is 7.82 Å². The molecule has 0 atom stereocenters. The number of hydrogen-bond acceptors (Lipinski definition) is 7. The number of phosphoric ester groups is 1. The Hall–Kier alpha value is -1.76. The van der Waals surface area contributed by atoms with Crippen LogP contribution in [0.25, 0.3) is 10.9 Å². The number of fused-ring (bicyclic) bond motifs is 1. The van der Waals surface area contributed by atoms with Gasteiger partial charge in [0.15, 0.2) is 0 Å². The lowest BCUT2D eigenvalue weighted by Gasteiger charge is -2.17. The summed E-state index contributed by atoms with van der Waals surface area (Å²) in [4.78, 5) is 11.8. The number of hydrogen-bond donors (Lipinski definition) is 1. The Morgan fingerprint density at radius 3 is 2.60 bits per heavy atom. The van der Waals surface area contributed by atoms with Crippen LogP contribution in [0, 0.1) is 0 Å². The van der Waals surface area contributed by atoms with Gasteiger partial charge < -0.3 is 4.52 Å². The zero-order chi connectivity index (χ0) is 14.6. The standard InChI is InChI=1S/C11H14N3O5P/c1-3-17-20(16,18-4-2)19-9-7-5-6-8-10(9)11(15)13-14-12-8/h5-7H,3-4H2,1-2H3,(H,12,13,15). The normalized spacial score (nSPS) is 11.7. The van der Waals surface area contributed by atoms with E-state index in [0.29, 0.717) is 5.52 Å². The Balaban J connectivity index is 2.48. The number of rotatable bonds is 6. The predicted molar refractivity (Wildman–Crippen MR) is 71.6 cm³/mol. The fraction of sp³-hybridized carbons (Fsp3) is 0.364. The van der Waals surface area contributed by atoms with E-state index in [4.69, 9.17) is 13.6 Å². The molecule has 0 saturated heterocycles. The van der Waals surface area contributed by atoms with Gasteiger partial charge in [0.25, 0.3) is 5.56 Å². The second kappa shape index (κ2) is 6.13. The summed E-state index contributed by atoms with van der Waals surface area (Å²) < 4.78 is 27.7. The molecule has 1 heterocycles. The number of nitrogens with zero attached hydrogens (tertiary/aromatic N) is 2. The predicted octanol–water partition coefficient (Wildman–Crippen LogP) is 1.88. The highest BCUT2D eigenvalue weighted by atomic mass is 31.2. The molecule has 1 N–H and O–H groups in total. The highest BCUT2D eigenvalue weighted by molar-refractivity contribution is 7.48. The number of aromatic amines is 1. The van der Waals surface area contributed by atoms with E-state index in [-0.39, 0.29) is 24.3 Å². The van der Waals surface area contributed by atoms with Crippen LogP contribution in [0.15, 0.2) is 23.0 Å². The molecule has 9 heteroatoms. The second-order valence-corrected chi connectivity index (χ2v) is 5.26. The largest absolute Gasteiger partial charge is 0.530 e. The first kappa shape index (κ1) is 14.6. The lowest BCUT2D eigenvalue weighted by atomic mass is 10.2. The molecule has 0 bridgehead atoms. The number of aromatic nitrogens is 3. The van der Waals surface area contributed by atoms with Gasteiger partial charge in [-0.3, -0.25) is 13.8 Å². The van der Waals surface area contributed by atoms with E-state index in [1.807, 2.05) is 0 Å². The third kappa shape index (κ3) is 3.04. The van der Waals surface area contributed by atoms with Gasteiger partial charge in [0.1, 0.15) is 16.7 Å². The van der Waals surface area contributed by atoms with Gasteiger partial charge in [-0.25, -0.2) is 9.66 Å². The van der Waals surface area contributed by atoms with Gasteiger partial charge in [0.05, 0.1) is 13.2 Å². The molecule has 0 aliphatic carbocycles. The summed E-state index contributed by atoms with van der Waals surface area (Å²) in [6, 6.07) is 4.69. The van der Waals surface area contributed by atoms with Crippen molar-refractivity contribution in [1.29, 1.82) is 0 Å². The average Bonchev–Trinajstić information content (AvgIpc) is 2.39. The van der Waals surface area contributed by atoms with Gasteiger partial charge in [-0.05, 0) is 26.0 Å². The highest BCUT2D eigenvalue weighted by Gasteiger charge is 2.28. The summed E-state index contributed by atoms with van der Waals surface area (Å²) in [6.45, 7) is 3.63. The van der Waals surface area contributed by atoms with Crippen LogP contribution < -0.4 is 10.1 Å². The lowest BCUT2D eigenvalue weighted by Crippen LogP contribution is -2.11. The Morgan fingerprint density at radius 1 is 1.25 bits per heavy atom. The van der Waals surface area contributed by atoms with Crippen LogP contribution in [0.2, 0.25) is 0 Å². The number of H-pyrrole nitrogens is 1. The minimum Gasteiger partial charge on any atom is -0.403 e. The van der Waals surface area contributed by atoms with Crippen molar-refractivity contribution in [2.75, 3.05) is 13.2 Å². The van der Waals surface area contributed by atoms with Gasteiger partial charge in [0, 0.05) is 0 Å². The molecule has 0 fully saturated rings. The molecule has 0 aliphatic heterocycles. The van der Waals surface area contributed by atoms with Crippen LogP contribution in [0.3, 0.4) is 0 Å². The molecule has 0 saturated carbocycles. The average molecular weight is 299 g/mol. The molecule has 0 unspecified atom stereocenters. The topological polar surface area (TPSA) is 103 Å². The second-order valence-electron chi connectivity index (χ2n) is 3.67.